The zero-order chi connectivity index (χ0) is 13.0. The Bertz CT molecular complexity index is 375. The molecule has 1 aliphatic carbocycles. The zero-order valence-electron chi connectivity index (χ0n) is 11.8. The van der Waals surface area contributed by atoms with Gasteiger partial charge in [-0.15, -0.1) is 0 Å². The van der Waals surface area contributed by atoms with Gasteiger partial charge in [0, 0.05) is 13.0 Å². The van der Waals surface area contributed by atoms with E-state index >= 15 is 0 Å². The predicted molar refractivity (Wildman–Crippen MR) is 75.8 cm³/mol. The smallest absolute Gasteiger partial charge is 0.0810 e. The summed E-state index contributed by atoms with van der Waals surface area (Å²) in [5.74, 6) is 0.773. The molecule has 2 rings (SSSR count). The summed E-state index contributed by atoms with van der Waals surface area (Å²) in [6, 6.07) is 9.03. The average molecular weight is 247 g/mol. The Balaban J connectivity index is 1.88. The highest BCUT2D eigenvalue weighted by Crippen LogP contribution is 2.32. The van der Waals surface area contributed by atoms with Crippen LogP contribution >= 0.6 is 0 Å². The van der Waals surface area contributed by atoms with Gasteiger partial charge >= 0.3 is 0 Å². The number of likely N-dealkylation sites (N-methyl/N-ethyl adjacent to an activating group) is 1. The molecule has 2 atom stereocenters. The van der Waals surface area contributed by atoms with E-state index in [1.165, 1.54) is 24.0 Å². The summed E-state index contributed by atoms with van der Waals surface area (Å²) >= 11 is 0. The molecular formula is C16H25NO. The van der Waals surface area contributed by atoms with Gasteiger partial charge in [-0.1, -0.05) is 38.1 Å². The molecule has 0 bridgehead atoms. The van der Waals surface area contributed by atoms with Crippen LogP contribution in [0.3, 0.4) is 0 Å². The van der Waals surface area contributed by atoms with E-state index in [1.54, 1.807) is 0 Å². The van der Waals surface area contributed by atoms with Gasteiger partial charge in [0.25, 0.3) is 0 Å². The van der Waals surface area contributed by atoms with Gasteiger partial charge in [-0.05, 0) is 36.9 Å². The number of hydrogen-bond acceptors (Lipinski definition) is 2. The van der Waals surface area contributed by atoms with Gasteiger partial charge < -0.3 is 10.1 Å². The average Bonchev–Trinajstić information content (AvgIpc) is 2.71. The Kier molecular flexibility index (Phi) is 4.79. The first-order chi connectivity index (χ1) is 8.72. The molecule has 2 heteroatoms. The SMILES string of the molecule is CNC1c2ccccc2CC1OCCCC(C)C. The number of ether oxygens (including phenoxy) is 1. The van der Waals surface area contributed by atoms with E-state index in [1.807, 2.05) is 7.05 Å². The fourth-order valence-corrected chi connectivity index (χ4v) is 2.78. The minimum absolute atomic E-state index is 0.305. The fraction of sp³-hybridized carbons (Fsp3) is 0.625. The lowest BCUT2D eigenvalue weighted by atomic mass is 10.1. The Labute approximate surface area is 111 Å². The predicted octanol–water partition coefficient (Wildman–Crippen LogP) is 3.32. The standard InChI is InChI=1S/C16H25NO/c1-12(2)7-6-10-18-15-11-13-8-4-5-9-14(13)16(15)17-3/h4-5,8-9,12,15-17H,6-7,10-11H2,1-3H3. The van der Waals surface area contributed by atoms with Crippen LogP contribution in [0.1, 0.15) is 43.9 Å². The number of rotatable bonds is 6. The summed E-state index contributed by atoms with van der Waals surface area (Å²) in [6.45, 7) is 5.42. The van der Waals surface area contributed by atoms with Crippen LogP contribution in [0.25, 0.3) is 0 Å². The van der Waals surface area contributed by atoms with Gasteiger partial charge in [-0.25, -0.2) is 0 Å². The van der Waals surface area contributed by atoms with E-state index in [2.05, 4.69) is 43.4 Å². The molecule has 2 unspecified atom stereocenters. The van der Waals surface area contributed by atoms with Crippen molar-refractivity contribution in [1.29, 1.82) is 0 Å². The molecular weight excluding hydrogens is 222 g/mol. The van der Waals surface area contributed by atoms with Gasteiger partial charge in [0.1, 0.15) is 0 Å². The number of fused-ring (bicyclic) bond motifs is 1. The lowest BCUT2D eigenvalue weighted by Crippen LogP contribution is -2.28. The Morgan fingerprint density at radius 1 is 1.33 bits per heavy atom. The molecule has 1 aromatic carbocycles. The maximum absolute atomic E-state index is 6.08. The maximum atomic E-state index is 6.08. The van der Waals surface area contributed by atoms with Gasteiger partial charge in [-0.3, -0.25) is 0 Å². The Hall–Kier alpha value is -0.860. The minimum atomic E-state index is 0.305. The van der Waals surface area contributed by atoms with Crippen molar-refractivity contribution < 1.29 is 4.74 Å². The highest BCUT2D eigenvalue weighted by molar-refractivity contribution is 5.36. The van der Waals surface area contributed by atoms with Crippen LogP contribution in [0.2, 0.25) is 0 Å². The normalized spacial score (nSPS) is 22.4. The molecule has 0 aromatic heterocycles. The van der Waals surface area contributed by atoms with Crippen LogP contribution < -0.4 is 5.32 Å². The highest BCUT2D eigenvalue weighted by Gasteiger charge is 2.31. The molecule has 0 heterocycles. The summed E-state index contributed by atoms with van der Waals surface area (Å²) < 4.78 is 6.08. The van der Waals surface area contributed by atoms with Crippen LogP contribution in [0, 0.1) is 5.92 Å². The molecule has 0 amide bonds. The van der Waals surface area contributed by atoms with E-state index in [-0.39, 0.29) is 0 Å². The number of benzene rings is 1. The van der Waals surface area contributed by atoms with Crippen molar-refractivity contribution in [3.63, 3.8) is 0 Å². The fourth-order valence-electron chi connectivity index (χ4n) is 2.78. The topological polar surface area (TPSA) is 21.3 Å². The van der Waals surface area contributed by atoms with Crippen LogP contribution in [0.4, 0.5) is 0 Å². The number of nitrogens with one attached hydrogen (secondary N) is 1. The van der Waals surface area contributed by atoms with Crippen molar-refractivity contribution in [1.82, 2.24) is 5.32 Å². The molecule has 1 aliphatic rings. The Morgan fingerprint density at radius 2 is 2.11 bits per heavy atom. The number of hydrogen-bond donors (Lipinski definition) is 1. The van der Waals surface area contributed by atoms with E-state index < -0.39 is 0 Å². The van der Waals surface area contributed by atoms with Gasteiger partial charge in [0.05, 0.1) is 12.1 Å². The summed E-state index contributed by atoms with van der Waals surface area (Å²) in [4.78, 5) is 0. The molecule has 0 saturated carbocycles. The first-order valence-corrected chi connectivity index (χ1v) is 7.09. The molecule has 0 saturated heterocycles. The van der Waals surface area contributed by atoms with E-state index in [4.69, 9.17) is 4.74 Å². The molecule has 1 aromatic rings. The van der Waals surface area contributed by atoms with Crippen LogP contribution in [-0.4, -0.2) is 19.8 Å². The third kappa shape index (κ3) is 3.12. The minimum Gasteiger partial charge on any atom is -0.376 e. The van der Waals surface area contributed by atoms with E-state index in [0.29, 0.717) is 12.1 Å². The first-order valence-electron chi connectivity index (χ1n) is 7.09. The lowest BCUT2D eigenvalue weighted by molar-refractivity contribution is 0.0332. The molecule has 2 nitrogen and oxygen atoms in total. The second-order valence-corrected chi connectivity index (χ2v) is 5.61. The third-order valence-electron chi connectivity index (χ3n) is 3.75. The molecule has 1 N–H and O–H groups in total. The summed E-state index contributed by atoms with van der Waals surface area (Å²) in [7, 11) is 2.03. The molecule has 0 aliphatic heterocycles. The van der Waals surface area contributed by atoms with Crippen molar-refractivity contribution in [3.05, 3.63) is 35.4 Å². The second kappa shape index (κ2) is 6.35. The second-order valence-electron chi connectivity index (χ2n) is 5.61. The van der Waals surface area contributed by atoms with Gasteiger partial charge in [-0.2, -0.15) is 0 Å². The van der Waals surface area contributed by atoms with Crippen LogP contribution in [-0.2, 0) is 11.2 Å². The zero-order valence-corrected chi connectivity index (χ0v) is 11.8. The molecule has 0 fully saturated rings. The molecule has 18 heavy (non-hydrogen) atoms. The van der Waals surface area contributed by atoms with Crippen molar-refractivity contribution in [2.24, 2.45) is 5.92 Å². The van der Waals surface area contributed by atoms with E-state index in [0.717, 1.165) is 18.9 Å². The Morgan fingerprint density at radius 3 is 2.83 bits per heavy atom. The highest BCUT2D eigenvalue weighted by atomic mass is 16.5. The summed E-state index contributed by atoms with van der Waals surface area (Å²) in [5.41, 5.74) is 2.85. The molecule has 0 spiro atoms. The molecule has 100 valence electrons. The van der Waals surface area contributed by atoms with Crippen molar-refractivity contribution in [2.45, 2.75) is 45.3 Å². The first kappa shape index (κ1) is 13.6. The summed E-state index contributed by atoms with van der Waals surface area (Å²) in [6.07, 6.45) is 3.77. The summed E-state index contributed by atoms with van der Waals surface area (Å²) in [5, 5.41) is 3.39. The molecule has 0 radical (unpaired) electrons. The maximum Gasteiger partial charge on any atom is 0.0810 e. The van der Waals surface area contributed by atoms with Crippen molar-refractivity contribution in [2.75, 3.05) is 13.7 Å². The van der Waals surface area contributed by atoms with Crippen molar-refractivity contribution >= 4 is 0 Å². The third-order valence-corrected chi connectivity index (χ3v) is 3.75. The van der Waals surface area contributed by atoms with Crippen LogP contribution in [0.15, 0.2) is 24.3 Å². The van der Waals surface area contributed by atoms with Crippen molar-refractivity contribution in [3.8, 4) is 0 Å². The van der Waals surface area contributed by atoms with E-state index in [9.17, 15) is 0 Å². The van der Waals surface area contributed by atoms with Crippen LogP contribution in [0.5, 0.6) is 0 Å². The largest absolute Gasteiger partial charge is 0.376 e. The lowest BCUT2D eigenvalue weighted by Gasteiger charge is -2.20. The quantitative estimate of drug-likeness (QED) is 0.779. The van der Waals surface area contributed by atoms with Gasteiger partial charge in [0.2, 0.25) is 0 Å². The van der Waals surface area contributed by atoms with Gasteiger partial charge in [0.15, 0.2) is 0 Å². The monoisotopic (exact) mass is 247 g/mol.